The van der Waals surface area contributed by atoms with Gasteiger partial charge < -0.3 is 14.2 Å². The van der Waals surface area contributed by atoms with Crippen molar-refractivity contribution in [2.24, 2.45) is 5.92 Å². The summed E-state index contributed by atoms with van der Waals surface area (Å²) in [6, 6.07) is 16.3. The molecule has 0 atom stereocenters. The van der Waals surface area contributed by atoms with Crippen molar-refractivity contribution in [3.8, 4) is 11.5 Å². The van der Waals surface area contributed by atoms with Gasteiger partial charge in [-0.2, -0.15) is 13.2 Å². The van der Waals surface area contributed by atoms with Gasteiger partial charge in [0, 0.05) is 17.2 Å². The lowest BCUT2D eigenvalue weighted by atomic mass is 9.94. The lowest BCUT2D eigenvalue weighted by Crippen LogP contribution is -2.42. The molecule has 0 bridgehead atoms. The predicted octanol–water partition coefficient (Wildman–Crippen LogP) is 5.02. The van der Waals surface area contributed by atoms with Crippen LogP contribution in [-0.4, -0.2) is 40.6 Å². The third-order valence-corrected chi connectivity index (χ3v) is 5.93. The molecule has 0 N–H and O–H groups in total. The van der Waals surface area contributed by atoms with Crippen LogP contribution in [0.15, 0.2) is 59.0 Å². The van der Waals surface area contributed by atoms with E-state index in [1.54, 1.807) is 29.2 Å². The monoisotopic (exact) mass is 458 g/mol. The Kier molecular flexibility index (Phi) is 6.78. The summed E-state index contributed by atoms with van der Waals surface area (Å²) in [6.07, 6.45) is -3.03. The van der Waals surface area contributed by atoms with Crippen LogP contribution < -0.4 is 4.90 Å². The Morgan fingerprint density at radius 3 is 2.30 bits per heavy atom. The first-order chi connectivity index (χ1) is 15.8. The van der Waals surface area contributed by atoms with Gasteiger partial charge in [-0.1, -0.05) is 37.3 Å². The van der Waals surface area contributed by atoms with Crippen molar-refractivity contribution in [2.75, 3.05) is 24.5 Å². The van der Waals surface area contributed by atoms with Crippen LogP contribution in [-0.2, 0) is 17.5 Å². The number of alkyl halides is 3. The van der Waals surface area contributed by atoms with E-state index in [1.165, 1.54) is 0 Å². The maximum Gasteiger partial charge on any atom is 0.470 e. The Morgan fingerprint density at radius 2 is 1.73 bits per heavy atom. The highest BCUT2D eigenvalue weighted by atomic mass is 19.4. The van der Waals surface area contributed by atoms with Crippen LogP contribution in [0.3, 0.4) is 0 Å². The van der Waals surface area contributed by atoms with E-state index in [1.807, 2.05) is 30.3 Å². The van der Waals surface area contributed by atoms with E-state index >= 15 is 0 Å². The lowest BCUT2D eigenvalue weighted by Gasteiger charge is -2.34. The molecule has 0 saturated carbocycles. The molecular weight excluding hydrogens is 433 g/mol. The number of amides is 1. The molecule has 1 saturated heterocycles. The highest BCUT2D eigenvalue weighted by Crippen LogP contribution is 2.31. The van der Waals surface area contributed by atoms with Gasteiger partial charge in [-0.15, -0.1) is 10.2 Å². The second-order valence-electron chi connectivity index (χ2n) is 8.08. The Morgan fingerprint density at radius 1 is 1.06 bits per heavy atom. The molecule has 0 aliphatic carbocycles. The third kappa shape index (κ3) is 5.42. The minimum absolute atomic E-state index is 0.0357. The quantitative estimate of drug-likeness (QED) is 0.519. The van der Waals surface area contributed by atoms with E-state index in [2.05, 4.69) is 22.0 Å². The average Bonchev–Trinajstić information content (AvgIpc) is 3.34. The Bertz CT molecular complexity index is 1060. The molecule has 3 aromatic rings. The molecule has 6 nitrogen and oxygen atoms in total. The molecule has 1 aliphatic heterocycles. The second-order valence-corrected chi connectivity index (χ2v) is 8.08. The summed E-state index contributed by atoms with van der Waals surface area (Å²) in [4.78, 5) is 17.6. The van der Waals surface area contributed by atoms with Gasteiger partial charge in [0.15, 0.2) is 0 Å². The zero-order valence-corrected chi connectivity index (χ0v) is 18.3. The van der Waals surface area contributed by atoms with E-state index in [-0.39, 0.29) is 17.7 Å². The number of aromatic nitrogens is 2. The molecule has 2 heterocycles. The predicted molar refractivity (Wildman–Crippen MR) is 117 cm³/mol. The number of benzene rings is 2. The second kappa shape index (κ2) is 9.74. The van der Waals surface area contributed by atoms with Gasteiger partial charge in [-0.05, 0) is 62.3 Å². The number of nitrogens with zero attached hydrogens (tertiary/aromatic N) is 4. The molecule has 1 amide bonds. The summed E-state index contributed by atoms with van der Waals surface area (Å²) in [5.74, 6) is -1.52. The zero-order chi connectivity index (χ0) is 23.4. The van der Waals surface area contributed by atoms with E-state index in [9.17, 15) is 18.0 Å². The van der Waals surface area contributed by atoms with Gasteiger partial charge in [-0.25, -0.2) is 0 Å². The molecular formula is C24H25F3N4O2. The van der Waals surface area contributed by atoms with Crippen LogP contribution in [0.1, 0.15) is 31.2 Å². The van der Waals surface area contributed by atoms with Gasteiger partial charge in [-0.3, -0.25) is 4.79 Å². The summed E-state index contributed by atoms with van der Waals surface area (Å²) in [5, 5.41) is 6.55. The third-order valence-electron chi connectivity index (χ3n) is 5.93. The summed E-state index contributed by atoms with van der Waals surface area (Å²) in [6.45, 7) is 5.29. The van der Waals surface area contributed by atoms with Gasteiger partial charge in [0.2, 0.25) is 11.8 Å². The molecule has 0 radical (unpaired) electrons. The van der Waals surface area contributed by atoms with Crippen molar-refractivity contribution in [2.45, 2.75) is 32.5 Å². The number of carbonyl (C=O) groups excluding carboxylic acids is 1. The van der Waals surface area contributed by atoms with Crippen molar-refractivity contribution in [1.82, 2.24) is 15.1 Å². The van der Waals surface area contributed by atoms with Crippen molar-refractivity contribution >= 4 is 11.6 Å². The van der Waals surface area contributed by atoms with E-state index < -0.39 is 12.1 Å². The lowest BCUT2D eigenvalue weighted by molar-refractivity contribution is -0.157. The van der Waals surface area contributed by atoms with E-state index in [0.29, 0.717) is 12.1 Å². The smallest absolute Gasteiger partial charge is 0.413 e. The highest BCUT2D eigenvalue weighted by Gasteiger charge is 2.38. The van der Waals surface area contributed by atoms with Crippen molar-refractivity contribution in [3.05, 3.63) is 66.1 Å². The van der Waals surface area contributed by atoms with Gasteiger partial charge >= 0.3 is 12.1 Å². The Labute approximate surface area is 190 Å². The normalized spacial score (nSPS) is 15.5. The molecule has 0 unspecified atom stereocenters. The van der Waals surface area contributed by atoms with Gasteiger partial charge in [0.05, 0.1) is 6.54 Å². The average molecular weight is 458 g/mol. The summed E-state index contributed by atoms with van der Waals surface area (Å²) in [5.41, 5.74) is 2.04. The van der Waals surface area contributed by atoms with Crippen LogP contribution in [0.5, 0.6) is 0 Å². The fraction of sp³-hybridized carbons (Fsp3) is 0.375. The Balaban J connectivity index is 1.52. The number of hydrogen-bond donors (Lipinski definition) is 0. The molecule has 1 aliphatic rings. The number of piperidine rings is 1. The van der Waals surface area contributed by atoms with Crippen molar-refractivity contribution in [3.63, 3.8) is 0 Å². The molecule has 174 valence electrons. The number of likely N-dealkylation sites (tertiary alicyclic amines) is 1. The maximum atomic E-state index is 13.5. The fourth-order valence-electron chi connectivity index (χ4n) is 4.01. The fourth-order valence-corrected chi connectivity index (χ4v) is 4.01. The topological polar surface area (TPSA) is 62.5 Å². The molecule has 2 aromatic carbocycles. The van der Waals surface area contributed by atoms with Crippen molar-refractivity contribution in [1.29, 1.82) is 0 Å². The van der Waals surface area contributed by atoms with Gasteiger partial charge in [0.1, 0.15) is 0 Å². The van der Waals surface area contributed by atoms with Crippen LogP contribution in [0.4, 0.5) is 18.9 Å². The Hall–Kier alpha value is -3.20. The number of para-hydroxylation sites is 1. The van der Waals surface area contributed by atoms with E-state index in [4.69, 9.17) is 4.42 Å². The minimum atomic E-state index is -4.69. The van der Waals surface area contributed by atoms with Crippen LogP contribution in [0, 0.1) is 5.92 Å². The molecule has 1 aromatic heterocycles. The first-order valence-electron chi connectivity index (χ1n) is 10.9. The summed E-state index contributed by atoms with van der Waals surface area (Å²) < 4.78 is 42.9. The van der Waals surface area contributed by atoms with Crippen molar-refractivity contribution < 1.29 is 22.4 Å². The summed E-state index contributed by atoms with van der Waals surface area (Å²) >= 11 is 0. The van der Waals surface area contributed by atoms with Gasteiger partial charge in [0.25, 0.3) is 0 Å². The first kappa shape index (κ1) is 23.0. The van der Waals surface area contributed by atoms with E-state index in [0.717, 1.165) is 43.7 Å². The number of anilines is 1. The number of hydrogen-bond acceptors (Lipinski definition) is 5. The largest absolute Gasteiger partial charge is 0.470 e. The number of carbonyl (C=O) groups is 1. The molecule has 33 heavy (non-hydrogen) atoms. The molecule has 9 heteroatoms. The molecule has 1 fully saturated rings. The number of rotatable bonds is 6. The molecule has 0 spiro atoms. The SMILES string of the molecule is CCN1CCC(C(=O)N(Cc2ccc(-c3nnc(C(F)(F)F)o3)cc2)c2ccccc2)CC1. The van der Waals surface area contributed by atoms with Crippen LogP contribution >= 0.6 is 0 Å². The maximum absolute atomic E-state index is 13.5. The highest BCUT2D eigenvalue weighted by molar-refractivity contribution is 5.95. The number of halogens is 3. The van der Waals surface area contributed by atoms with Crippen LogP contribution in [0.25, 0.3) is 11.5 Å². The first-order valence-corrected chi connectivity index (χ1v) is 10.9. The summed E-state index contributed by atoms with van der Waals surface area (Å²) in [7, 11) is 0. The van der Waals surface area contributed by atoms with Crippen LogP contribution in [0.2, 0.25) is 0 Å². The standard InChI is InChI=1S/C24H25F3N4O2/c1-2-30-14-12-19(13-15-30)22(32)31(20-6-4-3-5-7-20)16-17-8-10-18(11-9-17)21-28-29-23(33-21)24(25,26)27/h3-11,19H,2,12-16H2,1H3. The molecule has 4 rings (SSSR count). The minimum Gasteiger partial charge on any atom is -0.413 e. The zero-order valence-electron chi connectivity index (χ0n) is 18.3.